The molecule has 11 heteroatoms. The summed E-state index contributed by atoms with van der Waals surface area (Å²) < 4.78 is 23.8. The molecule has 0 fully saturated rings. The highest BCUT2D eigenvalue weighted by Gasteiger charge is 2.22. The van der Waals surface area contributed by atoms with E-state index in [2.05, 4.69) is 49.2 Å². The van der Waals surface area contributed by atoms with E-state index in [1.165, 1.54) is 0 Å². The third-order valence-electron chi connectivity index (χ3n) is 4.46. The van der Waals surface area contributed by atoms with E-state index < -0.39 is 0 Å². The third-order valence-corrected chi connectivity index (χ3v) is 5.15. The molecule has 0 rings (SSSR count). The Bertz CT molecular complexity index is 394. The average molecular weight is 608 g/mol. The first kappa shape index (κ1) is 46.7. The van der Waals surface area contributed by atoms with Gasteiger partial charge in [0.1, 0.15) is 25.3 Å². The van der Waals surface area contributed by atoms with Gasteiger partial charge in [-0.15, -0.1) is 23.2 Å². The lowest BCUT2D eigenvalue weighted by molar-refractivity contribution is -0.875. The van der Waals surface area contributed by atoms with Crippen LogP contribution in [-0.2, 0) is 18.9 Å². The molecule has 36 heavy (non-hydrogen) atoms. The summed E-state index contributed by atoms with van der Waals surface area (Å²) in [4.78, 5) is 2.00. The summed E-state index contributed by atoms with van der Waals surface area (Å²) in [5.74, 6) is 0.977. The normalized spacial score (nSPS) is 14.7. The molecule has 0 aliphatic carbocycles. The van der Waals surface area contributed by atoms with E-state index in [9.17, 15) is 0 Å². The van der Waals surface area contributed by atoms with Crippen molar-refractivity contribution in [1.29, 1.82) is 0 Å². The standard InChI is InChI=1S/C14H34N2O2.C8H16Cl2O2.C3H9N.2ClH/c1-9-13(10-15(2,3)4)18-12-14(17-8)11-16(5,6)7;1-3-7(4-9)12-6-8(5-10)11-2;1-4(2)3;;/h13-14H,9-12H2,1-8H3;7-8H,3-6H2,1-2H3;1-3H3;2*1H/q+2;;;;/p-2. The van der Waals surface area contributed by atoms with Gasteiger partial charge < -0.3 is 57.6 Å². The fourth-order valence-electron chi connectivity index (χ4n) is 2.65. The molecule has 0 aromatic carbocycles. The van der Waals surface area contributed by atoms with Gasteiger partial charge in [0.2, 0.25) is 0 Å². The minimum Gasteiger partial charge on any atom is -1.00 e. The molecule has 4 unspecified atom stereocenters. The van der Waals surface area contributed by atoms with Gasteiger partial charge in [0, 0.05) is 20.1 Å². The van der Waals surface area contributed by atoms with Gasteiger partial charge >= 0.3 is 0 Å². The molecule has 4 atom stereocenters. The summed E-state index contributed by atoms with van der Waals surface area (Å²) in [6.07, 6.45) is 2.55. The van der Waals surface area contributed by atoms with Gasteiger partial charge in [-0.1, -0.05) is 13.8 Å². The zero-order valence-corrected chi connectivity index (χ0v) is 28.5. The summed E-state index contributed by atoms with van der Waals surface area (Å²) in [5.41, 5.74) is 0. The second-order valence-corrected chi connectivity index (χ2v) is 11.7. The van der Waals surface area contributed by atoms with Crippen molar-refractivity contribution in [3.8, 4) is 0 Å². The minimum atomic E-state index is -0.0241. The van der Waals surface area contributed by atoms with E-state index in [0.717, 1.165) is 34.9 Å². The van der Waals surface area contributed by atoms with Crippen LogP contribution < -0.4 is 24.8 Å². The number of ether oxygens (including phenoxy) is 4. The lowest BCUT2D eigenvalue weighted by Crippen LogP contribution is -3.00. The Morgan fingerprint density at radius 2 is 0.917 bits per heavy atom. The Balaban J connectivity index is -0.000000155. The summed E-state index contributed by atoms with van der Waals surface area (Å²) in [6, 6.07) is 0. The van der Waals surface area contributed by atoms with Gasteiger partial charge in [-0.2, -0.15) is 0 Å². The van der Waals surface area contributed by atoms with Gasteiger partial charge in [0.15, 0.2) is 0 Å². The molecule has 0 aromatic heterocycles. The van der Waals surface area contributed by atoms with E-state index in [0.29, 0.717) is 31.1 Å². The van der Waals surface area contributed by atoms with E-state index in [4.69, 9.17) is 42.1 Å². The van der Waals surface area contributed by atoms with Crippen LogP contribution in [0.3, 0.4) is 0 Å². The highest BCUT2D eigenvalue weighted by Crippen LogP contribution is 2.07. The fraction of sp³-hybridized carbons (Fsp3) is 1.00. The van der Waals surface area contributed by atoms with Crippen LogP contribution in [0.2, 0.25) is 0 Å². The Hall–Kier alpha value is 0.880. The van der Waals surface area contributed by atoms with Crippen LogP contribution in [-0.4, -0.2) is 154 Å². The molecule has 0 bridgehead atoms. The number of hydrogen-bond acceptors (Lipinski definition) is 5. The van der Waals surface area contributed by atoms with Gasteiger partial charge in [-0.25, -0.2) is 0 Å². The van der Waals surface area contributed by atoms with Gasteiger partial charge in [0.25, 0.3) is 0 Å². The summed E-state index contributed by atoms with van der Waals surface area (Å²) in [7, 11) is 22.5. The first-order valence-electron chi connectivity index (χ1n) is 12.2. The molecule has 0 radical (unpaired) electrons. The molecule has 0 amide bonds. The number of likely N-dealkylation sites (N-methyl/N-ethyl adjacent to an activating group) is 2. The van der Waals surface area contributed by atoms with Crippen LogP contribution in [0.4, 0.5) is 0 Å². The number of nitrogens with zero attached hydrogens (tertiary/aromatic N) is 3. The molecule has 0 saturated carbocycles. The lowest BCUT2D eigenvalue weighted by Gasteiger charge is -2.31. The highest BCUT2D eigenvalue weighted by atomic mass is 35.5. The van der Waals surface area contributed by atoms with Crippen LogP contribution in [0, 0.1) is 0 Å². The predicted molar refractivity (Wildman–Crippen MR) is 149 cm³/mol. The highest BCUT2D eigenvalue weighted by molar-refractivity contribution is 6.18. The van der Waals surface area contributed by atoms with Crippen LogP contribution in [0.5, 0.6) is 0 Å². The summed E-state index contributed by atoms with van der Waals surface area (Å²) in [5, 5.41) is 0. The summed E-state index contributed by atoms with van der Waals surface area (Å²) in [6.45, 7) is 7.43. The number of alkyl halides is 2. The second kappa shape index (κ2) is 27.4. The van der Waals surface area contributed by atoms with Crippen molar-refractivity contribution in [1.82, 2.24) is 4.90 Å². The quantitative estimate of drug-likeness (QED) is 0.146. The zero-order chi connectivity index (χ0) is 27.4. The first-order chi connectivity index (χ1) is 15.6. The smallest absolute Gasteiger partial charge is 0.129 e. The number of halogens is 4. The van der Waals surface area contributed by atoms with Gasteiger partial charge in [-0.3, -0.25) is 0 Å². The van der Waals surface area contributed by atoms with Gasteiger partial charge in [0.05, 0.1) is 73.6 Å². The molecule has 0 saturated heterocycles. The maximum absolute atomic E-state index is 6.02. The number of hydrogen-bond donors (Lipinski definition) is 0. The van der Waals surface area contributed by atoms with Crippen LogP contribution in [0.1, 0.15) is 26.7 Å². The van der Waals surface area contributed by atoms with Gasteiger partial charge in [-0.05, 0) is 34.0 Å². The number of rotatable bonds is 16. The van der Waals surface area contributed by atoms with Crippen molar-refractivity contribution < 1.29 is 52.7 Å². The fourth-order valence-corrected chi connectivity index (χ4v) is 3.17. The average Bonchev–Trinajstić information content (AvgIpc) is 2.72. The minimum absolute atomic E-state index is 0. The third kappa shape index (κ3) is 37.0. The molecule has 0 spiro atoms. The Morgan fingerprint density at radius 3 is 1.19 bits per heavy atom. The molecule has 7 nitrogen and oxygen atoms in total. The van der Waals surface area contributed by atoms with Crippen molar-refractivity contribution in [3.63, 3.8) is 0 Å². The Labute approximate surface area is 247 Å². The maximum atomic E-state index is 6.02. The number of methoxy groups -OCH3 is 2. The van der Waals surface area contributed by atoms with Crippen LogP contribution in [0.25, 0.3) is 0 Å². The topological polar surface area (TPSA) is 40.2 Å². The Morgan fingerprint density at radius 1 is 0.611 bits per heavy atom. The second-order valence-electron chi connectivity index (χ2n) is 11.0. The molecule has 226 valence electrons. The largest absolute Gasteiger partial charge is 1.00 e. The van der Waals surface area contributed by atoms with Crippen molar-refractivity contribution in [2.75, 3.05) is 116 Å². The zero-order valence-electron chi connectivity index (χ0n) is 25.5. The molecular formula is C25H59Cl4N3O4. The molecule has 0 aliphatic rings. The van der Waals surface area contributed by atoms with E-state index >= 15 is 0 Å². The molecule has 0 aromatic rings. The molecule has 0 N–H and O–H groups in total. The van der Waals surface area contributed by atoms with Crippen LogP contribution in [0.15, 0.2) is 0 Å². The number of quaternary nitrogens is 2. The van der Waals surface area contributed by atoms with E-state index in [-0.39, 0.29) is 43.1 Å². The monoisotopic (exact) mass is 605 g/mol. The van der Waals surface area contributed by atoms with Crippen molar-refractivity contribution in [2.24, 2.45) is 0 Å². The van der Waals surface area contributed by atoms with E-state index in [1.807, 2.05) is 33.0 Å². The first-order valence-corrected chi connectivity index (χ1v) is 13.3. The molecule has 0 heterocycles. The molecular weight excluding hydrogens is 548 g/mol. The summed E-state index contributed by atoms with van der Waals surface area (Å²) >= 11 is 11.2. The van der Waals surface area contributed by atoms with Crippen molar-refractivity contribution >= 4 is 23.2 Å². The van der Waals surface area contributed by atoms with Crippen LogP contribution >= 0.6 is 23.2 Å². The SMILES string of the molecule is CCC(CCl)OCC(CCl)OC.CCC(C[N+](C)(C)C)OCC(C[N+](C)(C)C)OC.CN(C)C.[Cl-].[Cl-]. The Kier molecular flexibility index (Phi) is 35.6. The maximum Gasteiger partial charge on any atom is 0.129 e. The van der Waals surface area contributed by atoms with Crippen molar-refractivity contribution in [2.45, 2.75) is 51.1 Å². The predicted octanol–water partition coefficient (Wildman–Crippen LogP) is -2.33. The molecule has 0 aliphatic heterocycles. The van der Waals surface area contributed by atoms with Crippen molar-refractivity contribution in [3.05, 3.63) is 0 Å². The van der Waals surface area contributed by atoms with E-state index in [1.54, 1.807) is 14.2 Å². The lowest BCUT2D eigenvalue weighted by atomic mass is 10.2.